The summed E-state index contributed by atoms with van der Waals surface area (Å²) < 4.78 is 4.68. The van der Waals surface area contributed by atoms with Crippen LogP contribution in [0.5, 0.6) is 0 Å². The number of rotatable bonds is 9. The van der Waals surface area contributed by atoms with Gasteiger partial charge in [0.2, 0.25) is 5.69 Å². The summed E-state index contributed by atoms with van der Waals surface area (Å²) in [4.78, 5) is 2.55. The average Bonchev–Trinajstić information content (AvgIpc) is 3.74. The Hall–Kier alpha value is -3.99. The van der Waals surface area contributed by atoms with Crippen LogP contribution < -0.4 is 4.90 Å². The van der Waals surface area contributed by atoms with E-state index in [9.17, 15) is 0 Å². The van der Waals surface area contributed by atoms with Crippen LogP contribution in [0, 0.1) is 0 Å². The van der Waals surface area contributed by atoms with Gasteiger partial charge in [0.25, 0.3) is 0 Å². The third-order valence-electron chi connectivity index (χ3n) is 11.6. The minimum atomic E-state index is -0.0616. The van der Waals surface area contributed by atoms with E-state index in [2.05, 4.69) is 135 Å². The first kappa shape index (κ1) is 33.5. The fraction of sp³-hybridized carbons (Fsp3) is 0.477. The summed E-state index contributed by atoms with van der Waals surface area (Å²) in [5, 5.41) is 9.69. The van der Waals surface area contributed by atoms with E-state index in [-0.39, 0.29) is 10.8 Å². The van der Waals surface area contributed by atoms with Crippen molar-refractivity contribution in [1.29, 1.82) is 0 Å². The molecule has 0 atom stereocenters. The Bertz CT molecular complexity index is 1850. The van der Waals surface area contributed by atoms with Gasteiger partial charge in [-0.1, -0.05) is 101 Å². The number of anilines is 1. The summed E-state index contributed by atoms with van der Waals surface area (Å²) >= 11 is 0. The van der Waals surface area contributed by atoms with E-state index >= 15 is 0 Å². The van der Waals surface area contributed by atoms with Gasteiger partial charge in [-0.05, 0) is 81.2 Å². The summed E-state index contributed by atoms with van der Waals surface area (Å²) in [7, 11) is 0. The van der Waals surface area contributed by atoms with Crippen molar-refractivity contribution in [3.63, 3.8) is 0 Å². The van der Waals surface area contributed by atoms with Crippen molar-refractivity contribution in [2.24, 2.45) is 0 Å². The van der Waals surface area contributed by atoms with Crippen molar-refractivity contribution >= 4 is 22.8 Å². The quantitative estimate of drug-likeness (QED) is 0.216. The Kier molecular flexibility index (Phi) is 9.39. The van der Waals surface area contributed by atoms with Gasteiger partial charge in [-0.25, -0.2) is 4.68 Å². The molecule has 0 amide bonds. The molecule has 0 bridgehead atoms. The van der Waals surface area contributed by atoms with E-state index in [1.54, 1.807) is 0 Å². The van der Waals surface area contributed by atoms with Gasteiger partial charge < -0.3 is 4.90 Å². The predicted molar refractivity (Wildman–Crippen MR) is 205 cm³/mol. The van der Waals surface area contributed by atoms with Crippen molar-refractivity contribution < 1.29 is 4.58 Å². The van der Waals surface area contributed by atoms with Crippen molar-refractivity contribution in [2.75, 3.05) is 18.0 Å². The molecule has 0 radical (unpaired) electrons. The first-order chi connectivity index (χ1) is 23.8. The fourth-order valence-corrected chi connectivity index (χ4v) is 9.07. The first-order valence-electron chi connectivity index (χ1n) is 19.1. The maximum Gasteiger partial charge on any atom is 0.209 e. The molecular weight excluding hydrogens is 599 g/mol. The average molecular weight is 655 g/mol. The van der Waals surface area contributed by atoms with Crippen LogP contribution in [-0.4, -0.2) is 38.4 Å². The highest BCUT2D eigenvalue weighted by molar-refractivity contribution is 6.03. The maximum atomic E-state index is 4.87. The van der Waals surface area contributed by atoms with Crippen LogP contribution >= 0.6 is 0 Å². The second-order valence-corrected chi connectivity index (χ2v) is 15.7. The number of nitrogens with zero attached hydrogens (tertiary/aromatic N) is 5. The Morgan fingerprint density at radius 1 is 0.816 bits per heavy atom. The summed E-state index contributed by atoms with van der Waals surface area (Å²) in [6, 6.07) is 17.9. The first-order valence-corrected chi connectivity index (χ1v) is 19.1. The van der Waals surface area contributed by atoms with Gasteiger partial charge in [0.1, 0.15) is 6.54 Å². The lowest BCUT2D eigenvalue weighted by molar-refractivity contribution is -0.437. The molecule has 0 spiro atoms. The van der Waals surface area contributed by atoms with Crippen LogP contribution in [0.2, 0.25) is 0 Å². The van der Waals surface area contributed by atoms with E-state index in [0.29, 0.717) is 5.92 Å². The minimum absolute atomic E-state index is 0.0616. The van der Waals surface area contributed by atoms with E-state index in [1.165, 1.54) is 82.9 Å². The third kappa shape index (κ3) is 6.08. The molecule has 4 aliphatic rings. The number of aromatic nitrogens is 3. The van der Waals surface area contributed by atoms with Crippen molar-refractivity contribution in [3.8, 4) is 0 Å². The number of hydrogen-bond donors (Lipinski definition) is 0. The lowest BCUT2D eigenvalue weighted by Gasteiger charge is -2.27. The Labute approximate surface area is 294 Å². The smallest absolute Gasteiger partial charge is 0.209 e. The van der Waals surface area contributed by atoms with Crippen LogP contribution in [0.15, 0.2) is 95.9 Å². The van der Waals surface area contributed by atoms with Gasteiger partial charge in [0.05, 0.1) is 23.0 Å². The fourth-order valence-electron chi connectivity index (χ4n) is 9.07. The number of allylic oxidation sites excluding steroid dienone is 8. The van der Waals surface area contributed by atoms with Gasteiger partial charge in [0.15, 0.2) is 5.71 Å². The molecule has 1 aromatic heterocycles. The highest BCUT2D eigenvalue weighted by Crippen LogP contribution is 2.48. The SMILES string of the molecule is CCCN1/C(=C/C=C2\CCCC(/C=C/C3=[N+](CCC)c4ccccc4C3(C)C)=C2n2cc(C3CCCCC3)nn2)C(C)(C)c2ccccc21. The van der Waals surface area contributed by atoms with Crippen molar-refractivity contribution in [2.45, 2.75) is 122 Å². The van der Waals surface area contributed by atoms with Crippen LogP contribution in [0.3, 0.4) is 0 Å². The van der Waals surface area contributed by atoms with Crippen LogP contribution in [-0.2, 0) is 10.8 Å². The molecule has 7 rings (SSSR count). The van der Waals surface area contributed by atoms with Crippen molar-refractivity contribution in [3.05, 3.63) is 113 Å². The van der Waals surface area contributed by atoms with Crippen molar-refractivity contribution in [1.82, 2.24) is 15.0 Å². The molecule has 0 N–H and O–H groups in total. The third-order valence-corrected chi connectivity index (χ3v) is 11.6. The molecule has 256 valence electrons. The van der Waals surface area contributed by atoms with Gasteiger partial charge in [-0.2, -0.15) is 4.58 Å². The van der Waals surface area contributed by atoms with E-state index in [1.807, 2.05) is 0 Å². The topological polar surface area (TPSA) is 37.0 Å². The zero-order valence-corrected chi connectivity index (χ0v) is 30.8. The largest absolute Gasteiger partial charge is 0.344 e. The molecule has 2 aliphatic heterocycles. The predicted octanol–water partition coefficient (Wildman–Crippen LogP) is 10.8. The van der Waals surface area contributed by atoms with E-state index in [4.69, 9.17) is 10.3 Å². The van der Waals surface area contributed by atoms with Gasteiger partial charge in [-0.15, -0.1) is 5.10 Å². The summed E-state index contributed by atoms with van der Waals surface area (Å²) in [6.45, 7) is 16.1. The zero-order chi connectivity index (χ0) is 34.2. The van der Waals surface area contributed by atoms with Gasteiger partial charge in [0, 0.05) is 53.4 Å². The Balaban J connectivity index is 1.34. The lowest BCUT2D eigenvalue weighted by Crippen LogP contribution is -2.28. The number of hydrogen-bond acceptors (Lipinski definition) is 3. The minimum Gasteiger partial charge on any atom is -0.344 e. The van der Waals surface area contributed by atoms with Crippen LogP contribution in [0.1, 0.15) is 128 Å². The molecule has 0 unspecified atom stereocenters. The Morgan fingerprint density at radius 3 is 2.35 bits per heavy atom. The highest BCUT2D eigenvalue weighted by atomic mass is 15.4. The monoisotopic (exact) mass is 654 g/mol. The zero-order valence-electron chi connectivity index (χ0n) is 30.8. The Morgan fingerprint density at radius 2 is 1.57 bits per heavy atom. The van der Waals surface area contributed by atoms with Crippen LogP contribution in [0.25, 0.3) is 5.70 Å². The highest BCUT2D eigenvalue weighted by Gasteiger charge is 2.44. The maximum absolute atomic E-state index is 4.87. The molecule has 1 fully saturated rings. The van der Waals surface area contributed by atoms with Gasteiger partial charge >= 0.3 is 0 Å². The van der Waals surface area contributed by atoms with Gasteiger partial charge in [-0.3, -0.25) is 0 Å². The summed E-state index contributed by atoms with van der Waals surface area (Å²) in [5.74, 6) is 0.525. The normalized spacial score (nSPS) is 22.2. The second-order valence-electron chi connectivity index (χ2n) is 15.7. The molecule has 3 aromatic rings. The van der Waals surface area contributed by atoms with E-state index < -0.39 is 0 Å². The molecule has 3 heterocycles. The number of para-hydroxylation sites is 2. The molecule has 2 aliphatic carbocycles. The standard InChI is InChI=1S/C44H56N5/c1-7-29-47-38-23-14-12-21-35(38)43(3,4)40(47)27-25-33-19-16-20-34(42(33)49-31-37(45-46-49)32-17-10-9-11-18-32)26-28-41-44(5,6)36-22-13-15-24-39(36)48(41)30-8-2/h12-15,21-28,31-32H,7-11,16-20,29-30H2,1-6H3/q+1. The molecule has 49 heavy (non-hydrogen) atoms. The molecule has 2 aromatic carbocycles. The number of fused-ring (bicyclic) bond motifs is 2. The second kappa shape index (κ2) is 13.7. The van der Waals surface area contributed by atoms with Crippen LogP contribution in [0.4, 0.5) is 11.4 Å². The molecule has 5 nitrogen and oxygen atoms in total. The summed E-state index contributed by atoms with van der Waals surface area (Å²) in [5.41, 5.74) is 13.3. The molecular formula is C44H56N5+. The molecule has 1 saturated carbocycles. The summed E-state index contributed by atoms with van der Waals surface area (Å²) in [6.07, 6.45) is 23.7. The molecule has 0 saturated heterocycles. The number of benzene rings is 2. The molecule has 5 heteroatoms. The lowest BCUT2D eigenvalue weighted by atomic mass is 9.81. The van der Waals surface area contributed by atoms with E-state index in [0.717, 1.165) is 50.9 Å².